The average molecular weight is 349 g/mol. The van der Waals surface area contributed by atoms with Crippen molar-refractivity contribution in [3.8, 4) is 5.75 Å². The molecule has 3 nitrogen and oxygen atoms in total. The summed E-state index contributed by atoms with van der Waals surface area (Å²) in [6.07, 6.45) is 0. The molecule has 7 heteroatoms. The second kappa shape index (κ2) is 6.98. The minimum atomic E-state index is -0.554. The molecule has 0 atom stereocenters. The van der Waals surface area contributed by atoms with Crippen molar-refractivity contribution in [3.63, 3.8) is 0 Å². The first-order chi connectivity index (χ1) is 9.95. The van der Waals surface area contributed by atoms with E-state index in [-0.39, 0.29) is 11.6 Å². The lowest BCUT2D eigenvalue weighted by atomic mass is 10.3. The molecule has 1 amide bonds. The van der Waals surface area contributed by atoms with Gasteiger partial charge in [-0.05, 0) is 30.3 Å². The molecule has 0 bridgehead atoms. The van der Waals surface area contributed by atoms with Crippen LogP contribution in [0.15, 0.2) is 36.4 Å². The monoisotopic (exact) mass is 347 g/mol. The molecule has 0 aliphatic heterocycles. The fourth-order valence-corrected chi connectivity index (χ4v) is 2.12. The van der Waals surface area contributed by atoms with Crippen LogP contribution in [0.1, 0.15) is 0 Å². The quantitative estimate of drug-likeness (QED) is 0.861. The van der Waals surface area contributed by atoms with E-state index in [1.54, 1.807) is 12.1 Å². The van der Waals surface area contributed by atoms with Crippen LogP contribution in [-0.4, -0.2) is 12.5 Å². The number of ether oxygens (including phenoxy) is 1. The summed E-state index contributed by atoms with van der Waals surface area (Å²) < 4.78 is 18.2. The van der Waals surface area contributed by atoms with Crippen LogP contribution >= 0.6 is 34.8 Å². The normalized spacial score (nSPS) is 10.3. The number of hydrogen-bond donors (Lipinski definition) is 1. The van der Waals surface area contributed by atoms with E-state index in [2.05, 4.69) is 5.32 Å². The van der Waals surface area contributed by atoms with E-state index in [1.165, 1.54) is 18.2 Å². The van der Waals surface area contributed by atoms with Gasteiger partial charge in [-0.25, -0.2) is 4.39 Å². The molecule has 2 aromatic rings. The molecular weight excluding hydrogens is 340 g/mol. The van der Waals surface area contributed by atoms with Crippen LogP contribution in [0.2, 0.25) is 15.1 Å². The van der Waals surface area contributed by atoms with Crippen LogP contribution in [0.3, 0.4) is 0 Å². The summed E-state index contributed by atoms with van der Waals surface area (Å²) in [5.74, 6) is -0.681. The molecule has 2 aromatic carbocycles. The molecule has 1 N–H and O–H groups in total. The molecule has 0 unspecified atom stereocenters. The van der Waals surface area contributed by atoms with E-state index in [4.69, 9.17) is 39.5 Å². The number of carbonyl (C=O) groups excluding carboxylic acids is 1. The second-order valence-corrected chi connectivity index (χ2v) is 5.29. The van der Waals surface area contributed by atoms with Crippen molar-refractivity contribution < 1.29 is 13.9 Å². The van der Waals surface area contributed by atoms with E-state index < -0.39 is 11.7 Å². The summed E-state index contributed by atoms with van der Waals surface area (Å²) in [6, 6.07) is 8.52. The lowest BCUT2D eigenvalue weighted by Crippen LogP contribution is -2.20. The standard InChI is InChI=1S/C14H9Cl3FNO2/c15-8-1-4-13(11(17)5-8)19-14(20)7-21-9-2-3-12(18)10(16)6-9/h1-6H,7H2,(H,19,20). The Morgan fingerprint density at radius 3 is 2.52 bits per heavy atom. The third-order valence-electron chi connectivity index (χ3n) is 2.47. The highest BCUT2D eigenvalue weighted by atomic mass is 35.5. The van der Waals surface area contributed by atoms with Crippen LogP contribution < -0.4 is 10.1 Å². The van der Waals surface area contributed by atoms with Gasteiger partial charge in [-0.3, -0.25) is 4.79 Å². The van der Waals surface area contributed by atoms with Crippen LogP contribution in [0.5, 0.6) is 5.75 Å². The Morgan fingerprint density at radius 1 is 1.10 bits per heavy atom. The number of hydrogen-bond acceptors (Lipinski definition) is 2. The predicted octanol–water partition coefficient (Wildman–Crippen LogP) is 4.80. The summed E-state index contributed by atoms with van der Waals surface area (Å²) in [5, 5.41) is 3.28. The molecule has 0 radical (unpaired) electrons. The second-order valence-electron chi connectivity index (χ2n) is 4.04. The Hall–Kier alpha value is -1.49. The molecule has 0 saturated heterocycles. The number of anilines is 1. The zero-order valence-electron chi connectivity index (χ0n) is 10.5. The maximum Gasteiger partial charge on any atom is 0.262 e. The summed E-state index contributed by atoms with van der Waals surface area (Å²) in [5.41, 5.74) is 0.423. The molecule has 0 fully saturated rings. The maximum atomic E-state index is 13.0. The summed E-state index contributed by atoms with van der Waals surface area (Å²) in [4.78, 5) is 11.7. The van der Waals surface area contributed by atoms with Gasteiger partial charge in [-0.15, -0.1) is 0 Å². The van der Waals surface area contributed by atoms with Crippen LogP contribution in [-0.2, 0) is 4.79 Å². The zero-order chi connectivity index (χ0) is 15.4. The van der Waals surface area contributed by atoms with Crippen LogP contribution in [0.4, 0.5) is 10.1 Å². The maximum absolute atomic E-state index is 13.0. The molecular formula is C14H9Cl3FNO2. The number of halogens is 4. The molecule has 110 valence electrons. The molecule has 0 aliphatic rings. The molecule has 2 rings (SSSR count). The molecule has 0 aromatic heterocycles. The number of rotatable bonds is 4. The van der Waals surface area contributed by atoms with E-state index >= 15 is 0 Å². The van der Waals surface area contributed by atoms with Gasteiger partial charge in [0.05, 0.1) is 15.7 Å². The first kappa shape index (κ1) is 15.9. The van der Waals surface area contributed by atoms with Gasteiger partial charge in [-0.2, -0.15) is 0 Å². The van der Waals surface area contributed by atoms with Crippen molar-refractivity contribution in [2.75, 3.05) is 11.9 Å². The van der Waals surface area contributed by atoms with E-state index in [1.807, 2.05) is 0 Å². The van der Waals surface area contributed by atoms with E-state index in [0.29, 0.717) is 21.5 Å². The molecule has 0 spiro atoms. The number of benzene rings is 2. The van der Waals surface area contributed by atoms with Gasteiger partial charge in [0.25, 0.3) is 5.91 Å². The Balaban J connectivity index is 1.94. The van der Waals surface area contributed by atoms with Gasteiger partial charge in [0.15, 0.2) is 6.61 Å². The molecule has 21 heavy (non-hydrogen) atoms. The van der Waals surface area contributed by atoms with E-state index in [0.717, 1.165) is 6.07 Å². The summed E-state index contributed by atoms with van der Waals surface area (Å²) in [6.45, 7) is -0.263. The van der Waals surface area contributed by atoms with Crippen molar-refractivity contribution in [3.05, 3.63) is 57.3 Å². The van der Waals surface area contributed by atoms with Gasteiger partial charge in [0, 0.05) is 11.1 Å². The van der Waals surface area contributed by atoms with Gasteiger partial charge >= 0.3 is 0 Å². The fourth-order valence-electron chi connectivity index (χ4n) is 1.49. The van der Waals surface area contributed by atoms with Crippen LogP contribution in [0, 0.1) is 5.82 Å². The molecule has 0 aliphatic carbocycles. The smallest absolute Gasteiger partial charge is 0.262 e. The highest BCUT2D eigenvalue weighted by Gasteiger charge is 2.08. The average Bonchev–Trinajstić information content (AvgIpc) is 2.43. The lowest BCUT2D eigenvalue weighted by Gasteiger charge is -2.09. The summed E-state index contributed by atoms with van der Waals surface area (Å²) in [7, 11) is 0. The van der Waals surface area contributed by atoms with Gasteiger partial charge in [-0.1, -0.05) is 34.8 Å². The van der Waals surface area contributed by atoms with Crippen molar-refractivity contribution in [2.24, 2.45) is 0 Å². The van der Waals surface area contributed by atoms with Crippen LogP contribution in [0.25, 0.3) is 0 Å². The zero-order valence-corrected chi connectivity index (χ0v) is 12.8. The number of nitrogens with one attached hydrogen (secondary N) is 1. The third-order valence-corrected chi connectivity index (χ3v) is 3.30. The highest BCUT2D eigenvalue weighted by Crippen LogP contribution is 2.25. The van der Waals surface area contributed by atoms with Gasteiger partial charge < -0.3 is 10.1 Å². The first-order valence-electron chi connectivity index (χ1n) is 5.78. The number of amides is 1. The minimum absolute atomic E-state index is 0.0753. The third kappa shape index (κ3) is 4.49. The van der Waals surface area contributed by atoms with Crippen molar-refractivity contribution in [1.29, 1.82) is 0 Å². The van der Waals surface area contributed by atoms with Gasteiger partial charge in [0.2, 0.25) is 0 Å². The predicted molar refractivity (Wildman–Crippen MR) is 82.0 cm³/mol. The SMILES string of the molecule is O=C(COc1ccc(F)c(Cl)c1)Nc1ccc(Cl)cc1Cl. The van der Waals surface area contributed by atoms with Crippen molar-refractivity contribution in [2.45, 2.75) is 0 Å². The highest BCUT2D eigenvalue weighted by molar-refractivity contribution is 6.36. The summed E-state index contributed by atoms with van der Waals surface area (Å²) >= 11 is 17.3. The van der Waals surface area contributed by atoms with Gasteiger partial charge in [0.1, 0.15) is 11.6 Å². The largest absolute Gasteiger partial charge is 0.484 e. The van der Waals surface area contributed by atoms with E-state index in [9.17, 15) is 9.18 Å². The molecule has 0 heterocycles. The minimum Gasteiger partial charge on any atom is -0.484 e. The fraction of sp³-hybridized carbons (Fsp3) is 0.0714. The number of carbonyl (C=O) groups is 1. The Bertz CT molecular complexity index is 679. The van der Waals surface area contributed by atoms with Crippen molar-refractivity contribution >= 4 is 46.4 Å². The Labute approximate surface area is 135 Å². The lowest BCUT2D eigenvalue weighted by molar-refractivity contribution is -0.118. The first-order valence-corrected chi connectivity index (χ1v) is 6.92. The topological polar surface area (TPSA) is 38.3 Å². The van der Waals surface area contributed by atoms with Crippen molar-refractivity contribution in [1.82, 2.24) is 0 Å². The molecule has 0 saturated carbocycles. The Kier molecular flexibility index (Phi) is 5.28. The Morgan fingerprint density at radius 2 is 1.86 bits per heavy atom.